The van der Waals surface area contributed by atoms with Crippen LogP contribution in [-0.4, -0.2) is 13.7 Å². The molecule has 0 unspecified atom stereocenters. The van der Waals surface area contributed by atoms with Crippen LogP contribution in [0.15, 0.2) is 42.5 Å². The van der Waals surface area contributed by atoms with Crippen LogP contribution in [0.5, 0.6) is 11.5 Å². The molecule has 0 heterocycles. The van der Waals surface area contributed by atoms with Gasteiger partial charge in [-0.25, -0.2) is 13.2 Å². The summed E-state index contributed by atoms with van der Waals surface area (Å²) >= 11 is 0. The molecule has 0 bridgehead atoms. The fourth-order valence-electron chi connectivity index (χ4n) is 1.96. The summed E-state index contributed by atoms with van der Waals surface area (Å²) < 4.78 is 52.4. The molecule has 2 rings (SSSR count). The van der Waals surface area contributed by atoms with E-state index < -0.39 is 17.5 Å². The van der Waals surface area contributed by atoms with Crippen molar-refractivity contribution < 1.29 is 22.6 Å². The van der Waals surface area contributed by atoms with Crippen molar-refractivity contribution in [2.75, 3.05) is 13.7 Å². The summed E-state index contributed by atoms with van der Waals surface area (Å²) in [6, 6.07) is 9.32. The normalized spacial score (nSPS) is 11.9. The Kier molecular flexibility index (Phi) is 5.68. The summed E-state index contributed by atoms with van der Waals surface area (Å²) in [5.74, 6) is -2.36. The second-order valence-electron chi connectivity index (χ2n) is 4.85. The van der Waals surface area contributed by atoms with Gasteiger partial charge in [-0.3, -0.25) is 0 Å². The number of methoxy groups -OCH3 is 1. The van der Waals surface area contributed by atoms with Gasteiger partial charge < -0.3 is 9.47 Å². The third kappa shape index (κ3) is 4.06. The summed E-state index contributed by atoms with van der Waals surface area (Å²) in [7, 11) is 1.48. The van der Waals surface area contributed by atoms with Crippen LogP contribution in [-0.2, 0) is 0 Å². The number of benzene rings is 2. The summed E-state index contributed by atoms with van der Waals surface area (Å²) in [5.41, 5.74) is -0.130. The predicted octanol–water partition coefficient (Wildman–Crippen LogP) is 5.39. The zero-order valence-corrected chi connectivity index (χ0v) is 12.9. The zero-order valence-electron chi connectivity index (χ0n) is 12.9. The molecule has 0 amide bonds. The van der Waals surface area contributed by atoms with Crippen molar-refractivity contribution in [3.8, 4) is 11.5 Å². The molecule has 2 aromatic rings. The van der Waals surface area contributed by atoms with E-state index in [0.29, 0.717) is 12.4 Å². The quantitative estimate of drug-likeness (QED) is 0.664. The van der Waals surface area contributed by atoms with E-state index in [1.807, 2.05) is 6.92 Å². The maximum atomic E-state index is 14.2. The van der Waals surface area contributed by atoms with Crippen molar-refractivity contribution in [2.45, 2.75) is 13.3 Å². The number of halogens is 3. The summed E-state index contributed by atoms with van der Waals surface area (Å²) in [4.78, 5) is 0. The van der Waals surface area contributed by atoms with Crippen LogP contribution < -0.4 is 9.47 Å². The van der Waals surface area contributed by atoms with Crippen LogP contribution in [0.4, 0.5) is 13.2 Å². The Morgan fingerprint density at radius 1 is 0.957 bits per heavy atom. The summed E-state index contributed by atoms with van der Waals surface area (Å²) in [5, 5.41) is 0. The van der Waals surface area contributed by atoms with Gasteiger partial charge in [-0.15, -0.1) is 0 Å². The second kappa shape index (κ2) is 7.72. The van der Waals surface area contributed by atoms with E-state index in [2.05, 4.69) is 0 Å². The van der Waals surface area contributed by atoms with E-state index >= 15 is 0 Å². The minimum Gasteiger partial charge on any atom is -0.497 e. The van der Waals surface area contributed by atoms with Gasteiger partial charge in [0.15, 0.2) is 23.2 Å². The molecular formula is C18H17F3O2. The first-order valence-electron chi connectivity index (χ1n) is 7.19. The molecule has 0 fully saturated rings. The van der Waals surface area contributed by atoms with Gasteiger partial charge in [-0.05, 0) is 48.9 Å². The molecule has 2 nitrogen and oxygen atoms in total. The van der Waals surface area contributed by atoms with Crippen LogP contribution in [0.2, 0.25) is 0 Å². The van der Waals surface area contributed by atoms with E-state index in [-0.39, 0.29) is 16.9 Å². The Morgan fingerprint density at radius 2 is 1.57 bits per heavy atom. The van der Waals surface area contributed by atoms with Gasteiger partial charge in [-0.2, -0.15) is 0 Å². The minimum absolute atomic E-state index is 0.0215. The second-order valence-corrected chi connectivity index (χ2v) is 4.85. The number of hydrogen-bond acceptors (Lipinski definition) is 2. The van der Waals surface area contributed by atoms with Crippen LogP contribution in [0.25, 0.3) is 11.7 Å². The van der Waals surface area contributed by atoms with Crippen molar-refractivity contribution >= 4 is 11.7 Å². The third-order valence-corrected chi connectivity index (χ3v) is 3.18. The van der Waals surface area contributed by atoms with Gasteiger partial charge in [0.1, 0.15) is 5.75 Å². The molecule has 0 aromatic heterocycles. The average molecular weight is 322 g/mol. The van der Waals surface area contributed by atoms with E-state index in [1.54, 1.807) is 0 Å². The van der Waals surface area contributed by atoms with Crippen molar-refractivity contribution in [3.05, 3.63) is 59.4 Å². The van der Waals surface area contributed by atoms with Crippen molar-refractivity contribution in [3.63, 3.8) is 0 Å². The molecule has 122 valence electrons. The SMILES string of the molecule is CCCOc1ccc(/C(F)=C(\F)c2ccc(OC)cc2)cc1F. The van der Waals surface area contributed by atoms with E-state index in [9.17, 15) is 13.2 Å². The molecule has 23 heavy (non-hydrogen) atoms. The Balaban J connectivity index is 2.29. The van der Waals surface area contributed by atoms with Gasteiger partial charge in [0.05, 0.1) is 13.7 Å². The van der Waals surface area contributed by atoms with Crippen molar-refractivity contribution in [2.24, 2.45) is 0 Å². The fraction of sp³-hybridized carbons (Fsp3) is 0.222. The fourth-order valence-corrected chi connectivity index (χ4v) is 1.96. The van der Waals surface area contributed by atoms with Gasteiger partial charge >= 0.3 is 0 Å². The lowest BCUT2D eigenvalue weighted by Gasteiger charge is -2.08. The highest BCUT2D eigenvalue weighted by Crippen LogP contribution is 2.31. The van der Waals surface area contributed by atoms with Crippen LogP contribution in [0.1, 0.15) is 24.5 Å². The molecule has 2 aromatic carbocycles. The van der Waals surface area contributed by atoms with E-state index in [4.69, 9.17) is 9.47 Å². The molecule has 5 heteroatoms. The third-order valence-electron chi connectivity index (χ3n) is 3.18. The molecule has 0 radical (unpaired) electrons. The highest BCUT2D eigenvalue weighted by molar-refractivity contribution is 5.83. The molecular weight excluding hydrogens is 305 g/mol. The number of hydrogen-bond donors (Lipinski definition) is 0. The number of rotatable bonds is 6. The highest BCUT2D eigenvalue weighted by atomic mass is 19.2. The maximum Gasteiger partial charge on any atom is 0.166 e. The summed E-state index contributed by atoms with van der Waals surface area (Å²) in [6.45, 7) is 2.24. The summed E-state index contributed by atoms with van der Waals surface area (Å²) in [6.07, 6.45) is 0.724. The van der Waals surface area contributed by atoms with Crippen molar-refractivity contribution in [1.29, 1.82) is 0 Å². The molecule has 0 aliphatic carbocycles. The number of ether oxygens (including phenoxy) is 2. The monoisotopic (exact) mass is 322 g/mol. The molecule has 0 spiro atoms. The van der Waals surface area contributed by atoms with E-state index in [0.717, 1.165) is 12.5 Å². The predicted molar refractivity (Wildman–Crippen MR) is 84.2 cm³/mol. The minimum atomic E-state index is -1.13. The average Bonchev–Trinajstić information content (AvgIpc) is 2.59. The standard InChI is InChI=1S/C18H17F3O2/c1-3-10-23-16-9-6-13(11-15(16)19)18(21)17(20)12-4-7-14(22-2)8-5-12/h4-9,11H,3,10H2,1-2H3/b18-17+. The smallest absolute Gasteiger partial charge is 0.166 e. The largest absolute Gasteiger partial charge is 0.497 e. The Bertz CT molecular complexity index is 694. The topological polar surface area (TPSA) is 18.5 Å². The lowest BCUT2D eigenvalue weighted by atomic mass is 10.1. The molecule has 0 saturated carbocycles. The van der Waals surface area contributed by atoms with Gasteiger partial charge in [-0.1, -0.05) is 6.92 Å². The van der Waals surface area contributed by atoms with Gasteiger partial charge in [0.25, 0.3) is 0 Å². The Morgan fingerprint density at radius 3 is 2.13 bits per heavy atom. The highest BCUT2D eigenvalue weighted by Gasteiger charge is 2.14. The first kappa shape index (κ1) is 16.9. The molecule has 0 aliphatic rings. The van der Waals surface area contributed by atoms with Gasteiger partial charge in [0, 0.05) is 11.1 Å². The zero-order chi connectivity index (χ0) is 16.8. The lowest BCUT2D eigenvalue weighted by molar-refractivity contribution is 0.301. The Labute approximate surface area is 133 Å². The first-order chi connectivity index (χ1) is 11.1. The van der Waals surface area contributed by atoms with Crippen LogP contribution in [0, 0.1) is 5.82 Å². The maximum absolute atomic E-state index is 14.2. The molecule has 0 N–H and O–H groups in total. The molecule has 0 atom stereocenters. The lowest BCUT2D eigenvalue weighted by Crippen LogP contribution is -1.98. The van der Waals surface area contributed by atoms with E-state index in [1.165, 1.54) is 43.5 Å². The Hall–Kier alpha value is -2.43. The van der Waals surface area contributed by atoms with Gasteiger partial charge in [0.2, 0.25) is 0 Å². The molecule has 0 aliphatic heterocycles. The molecule has 0 saturated heterocycles. The first-order valence-corrected chi connectivity index (χ1v) is 7.19. The van der Waals surface area contributed by atoms with Crippen LogP contribution in [0.3, 0.4) is 0 Å². The van der Waals surface area contributed by atoms with Crippen molar-refractivity contribution in [1.82, 2.24) is 0 Å². The van der Waals surface area contributed by atoms with Crippen LogP contribution >= 0.6 is 0 Å².